The molecule has 2 rings (SSSR count). The third-order valence-electron chi connectivity index (χ3n) is 4.32. The molecule has 1 aliphatic rings. The summed E-state index contributed by atoms with van der Waals surface area (Å²) in [6.07, 6.45) is 1.44. The summed E-state index contributed by atoms with van der Waals surface area (Å²) in [7, 11) is 0. The van der Waals surface area contributed by atoms with Crippen molar-refractivity contribution in [1.82, 2.24) is 13.7 Å². The van der Waals surface area contributed by atoms with E-state index in [1.807, 2.05) is 47.1 Å². The van der Waals surface area contributed by atoms with Gasteiger partial charge in [0.25, 0.3) is 0 Å². The Balaban J connectivity index is 2.08. The molecular formula is C16H21I2N3O3. The number of benzene rings is 1. The van der Waals surface area contributed by atoms with Crippen molar-refractivity contribution >= 4 is 57.5 Å². The number of hydrogen-bond donors (Lipinski definition) is 3. The first-order chi connectivity index (χ1) is 11.5. The highest BCUT2D eigenvalue weighted by Gasteiger charge is 2.30. The van der Waals surface area contributed by atoms with Gasteiger partial charge in [0.1, 0.15) is 0 Å². The number of halogens is 2. The summed E-state index contributed by atoms with van der Waals surface area (Å²) in [5.74, 6) is -0.914. The van der Waals surface area contributed by atoms with Gasteiger partial charge in [-0.3, -0.25) is 8.32 Å². The molecule has 8 heteroatoms. The number of rotatable bonds is 7. The maximum atomic E-state index is 11.8. The summed E-state index contributed by atoms with van der Waals surface area (Å²) in [5, 5.41) is 12.8. The number of amides is 2. The van der Waals surface area contributed by atoms with Gasteiger partial charge < -0.3 is 15.3 Å². The number of aliphatic carboxylic acids is 1. The summed E-state index contributed by atoms with van der Waals surface area (Å²) >= 11 is 3.99. The number of nitrogens with one attached hydrogen (secondary N) is 2. The number of carbonyl (C=O) groups excluding carboxylic acids is 1. The molecule has 0 aliphatic carbocycles. The van der Waals surface area contributed by atoms with Crippen LogP contribution in [-0.2, 0) is 17.8 Å². The number of nitrogens with zero attached hydrogens (tertiary/aromatic N) is 1. The maximum Gasteiger partial charge on any atom is 0.327 e. The molecule has 3 N–H and O–H groups in total. The molecule has 0 aromatic heterocycles. The largest absolute Gasteiger partial charge is 0.481 e. The number of hydrogen-bond acceptors (Lipinski definition) is 3. The van der Waals surface area contributed by atoms with Crippen molar-refractivity contribution < 1.29 is 14.7 Å². The van der Waals surface area contributed by atoms with Crippen LogP contribution in [0.5, 0.6) is 0 Å². The van der Waals surface area contributed by atoms with Crippen LogP contribution in [0.4, 0.5) is 4.79 Å². The smallest absolute Gasteiger partial charge is 0.327 e. The normalized spacial score (nSPS) is 18.2. The van der Waals surface area contributed by atoms with E-state index in [4.69, 9.17) is 0 Å². The molecule has 1 aliphatic heterocycles. The van der Waals surface area contributed by atoms with Gasteiger partial charge in [0.05, 0.1) is 33.3 Å². The van der Waals surface area contributed by atoms with Gasteiger partial charge in [-0.05, 0) is 43.0 Å². The van der Waals surface area contributed by atoms with E-state index in [1.165, 1.54) is 0 Å². The lowest BCUT2D eigenvalue weighted by Gasteiger charge is -2.21. The molecule has 2 unspecified atom stereocenters. The number of urea groups is 1. The minimum Gasteiger partial charge on any atom is -0.481 e. The molecule has 2 atom stereocenters. The zero-order valence-electron chi connectivity index (χ0n) is 13.2. The van der Waals surface area contributed by atoms with E-state index in [0.29, 0.717) is 17.5 Å². The van der Waals surface area contributed by atoms with E-state index in [2.05, 4.69) is 31.4 Å². The van der Waals surface area contributed by atoms with Crippen LogP contribution in [0, 0.1) is 11.8 Å². The van der Waals surface area contributed by atoms with Gasteiger partial charge in [0.15, 0.2) is 0 Å². The van der Waals surface area contributed by atoms with Crippen LogP contribution in [0.1, 0.15) is 17.5 Å². The fourth-order valence-corrected chi connectivity index (χ4v) is 3.93. The van der Waals surface area contributed by atoms with Crippen LogP contribution in [0.2, 0.25) is 0 Å². The van der Waals surface area contributed by atoms with Crippen LogP contribution < -0.4 is 8.85 Å². The van der Waals surface area contributed by atoms with Crippen LogP contribution >= 0.6 is 45.5 Å². The molecule has 1 aromatic rings. The third-order valence-corrected chi connectivity index (χ3v) is 5.60. The van der Waals surface area contributed by atoms with E-state index in [1.54, 1.807) is 4.90 Å². The Morgan fingerprint density at radius 2 is 2.17 bits per heavy atom. The monoisotopic (exact) mass is 557 g/mol. The average Bonchev–Trinajstić information content (AvgIpc) is 3.11. The maximum absolute atomic E-state index is 11.8. The quantitative estimate of drug-likeness (QED) is 0.209. The van der Waals surface area contributed by atoms with Gasteiger partial charge in [-0.25, -0.2) is 4.79 Å². The van der Waals surface area contributed by atoms with Crippen molar-refractivity contribution in [3.8, 4) is 0 Å². The molecule has 6 nitrogen and oxygen atoms in total. The van der Waals surface area contributed by atoms with Gasteiger partial charge in [-0.1, -0.05) is 46.9 Å². The second kappa shape index (κ2) is 9.76. The Kier molecular flexibility index (Phi) is 8.01. The molecule has 2 amide bonds. The first kappa shape index (κ1) is 19.7. The van der Waals surface area contributed by atoms with Crippen LogP contribution in [0.15, 0.2) is 24.3 Å². The molecule has 1 fully saturated rings. The Labute approximate surface area is 169 Å². The Hall–Kier alpha value is -0.620. The number of carboxylic acid groups (broad SMARTS) is 1. The fraction of sp³-hybridized carbons (Fsp3) is 0.500. The zero-order valence-corrected chi connectivity index (χ0v) is 17.5. The minimum atomic E-state index is -0.729. The topological polar surface area (TPSA) is 81.7 Å². The van der Waals surface area contributed by atoms with Gasteiger partial charge >= 0.3 is 12.0 Å². The summed E-state index contributed by atoms with van der Waals surface area (Å²) < 4.78 is 3.19. The highest BCUT2D eigenvalue weighted by Crippen LogP contribution is 2.24. The van der Waals surface area contributed by atoms with Crippen LogP contribution in [0.3, 0.4) is 0 Å². The van der Waals surface area contributed by atoms with Gasteiger partial charge in [-0.15, -0.1) is 0 Å². The van der Waals surface area contributed by atoms with Gasteiger partial charge in [0.2, 0.25) is 0 Å². The SMILES string of the molecule is O=C(O)C(Cc1cccc(CN(CI)C(=O)NI)c1)C1CCNC1. The van der Waals surface area contributed by atoms with Crippen molar-refractivity contribution in [2.75, 3.05) is 17.6 Å². The molecule has 24 heavy (non-hydrogen) atoms. The predicted molar refractivity (Wildman–Crippen MR) is 109 cm³/mol. The summed E-state index contributed by atoms with van der Waals surface area (Å²) in [4.78, 5) is 25.1. The highest BCUT2D eigenvalue weighted by molar-refractivity contribution is 14.1. The Bertz CT molecular complexity index is 579. The van der Waals surface area contributed by atoms with Gasteiger partial charge in [0, 0.05) is 6.54 Å². The molecule has 1 saturated heterocycles. The molecule has 0 saturated carbocycles. The third kappa shape index (κ3) is 5.45. The Morgan fingerprint density at radius 1 is 1.42 bits per heavy atom. The highest BCUT2D eigenvalue weighted by atomic mass is 127. The molecule has 0 bridgehead atoms. The zero-order chi connectivity index (χ0) is 17.5. The second-order valence-corrected chi connectivity index (χ2v) is 7.16. The molecule has 132 valence electrons. The molecule has 0 spiro atoms. The van der Waals surface area contributed by atoms with Crippen molar-refractivity contribution in [3.63, 3.8) is 0 Å². The predicted octanol–water partition coefficient (Wildman–Crippen LogP) is 2.79. The van der Waals surface area contributed by atoms with Crippen LogP contribution in [0.25, 0.3) is 0 Å². The van der Waals surface area contributed by atoms with E-state index in [9.17, 15) is 14.7 Å². The molecule has 1 aromatic carbocycles. The summed E-state index contributed by atoms with van der Waals surface area (Å²) in [6, 6.07) is 7.75. The summed E-state index contributed by atoms with van der Waals surface area (Å²) in [5.41, 5.74) is 2.02. The summed E-state index contributed by atoms with van der Waals surface area (Å²) in [6.45, 7) is 2.17. The minimum absolute atomic E-state index is 0.129. The molecule has 0 radical (unpaired) electrons. The van der Waals surface area contributed by atoms with Gasteiger partial charge in [-0.2, -0.15) is 0 Å². The second-order valence-electron chi connectivity index (χ2n) is 5.94. The standard InChI is InChI=1S/C16H21I2N3O3/c17-10-21(16(24)20-18)9-12-3-1-2-11(6-12)7-14(15(22)23)13-4-5-19-8-13/h1-3,6,13-14,19H,4-5,7-10H2,(H,20,24)(H,22,23). The first-order valence-corrected chi connectivity index (χ1v) is 10.4. The number of carbonyl (C=O) groups is 2. The van der Waals surface area contributed by atoms with Crippen LogP contribution in [-0.4, -0.2) is 39.6 Å². The van der Waals surface area contributed by atoms with Crippen molar-refractivity contribution in [2.45, 2.75) is 19.4 Å². The average molecular weight is 557 g/mol. The first-order valence-electron chi connectivity index (χ1n) is 7.78. The van der Waals surface area contributed by atoms with Crippen molar-refractivity contribution in [2.24, 2.45) is 11.8 Å². The lowest BCUT2D eigenvalue weighted by atomic mass is 9.86. The lowest BCUT2D eigenvalue weighted by molar-refractivity contribution is -0.143. The van der Waals surface area contributed by atoms with E-state index >= 15 is 0 Å². The number of alkyl halides is 1. The number of carboxylic acids is 1. The van der Waals surface area contributed by atoms with E-state index < -0.39 is 5.97 Å². The van der Waals surface area contributed by atoms with Crippen molar-refractivity contribution in [3.05, 3.63) is 35.4 Å². The molecule has 1 heterocycles. The van der Waals surface area contributed by atoms with E-state index in [0.717, 1.165) is 30.6 Å². The lowest BCUT2D eigenvalue weighted by Crippen LogP contribution is -2.34. The fourth-order valence-electron chi connectivity index (χ4n) is 3.03. The Morgan fingerprint density at radius 3 is 2.75 bits per heavy atom. The van der Waals surface area contributed by atoms with E-state index in [-0.39, 0.29) is 17.9 Å². The molecular weight excluding hydrogens is 536 g/mol. The van der Waals surface area contributed by atoms with Crippen molar-refractivity contribution in [1.29, 1.82) is 0 Å².